The summed E-state index contributed by atoms with van der Waals surface area (Å²) in [5.41, 5.74) is 4.42. The van der Waals surface area contributed by atoms with Crippen LogP contribution in [0, 0.1) is 0 Å². The first-order valence-corrected chi connectivity index (χ1v) is 9.65. The van der Waals surface area contributed by atoms with Gasteiger partial charge in [-0.15, -0.1) is 12.4 Å². The van der Waals surface area contributed by atoms with Gasteiger partial charge in [0.25, 0.3) is 0 Å². The van der Waals surface area contributed by atoms with Gasteiger partial charge < -0.3 is 10.2 Å². The molecule has 1 N–H and O–H groups in total. The number of hydrogen-bond donors (Lipinski definition) is 1. The maximum atomic E-state index is 11.9. The number of rotatable bonds is 5. The van der Waals surface area contributed by atoms with Gasteiger partial charge >= 0.3 is 0 Å². The van der Waals surface area contributed by atoms with Gasteiger partial charge in [-0.2, -0.15) is 0 Å². The molecule has 1 aromatic heterocycles. The second-order valence-electron chi connectivity index (χ2n) is 7.49. The fourth-order valence-corrected chi connectivity index (χ4v) is 3.71. The third-order valence-electron chi connectivity index (χ3n) is 5.36. The smallest absolute Gasteiger partial charge is 0.222 e. The van der Waals surface area contributed by atoms with Crippen molar-refractivity contribution in [2.75, 3.05) is 11.9 Å². The van der Waals surface area contributed by atoms with Crippen LogP contribution in [0.5, 0.6) is 0 Å². The van der Waals surface area contributed by atoms with Crippen LogP contribution < -0.4 is 5.32 Å². The lowest BCUT2D eigenvalue weighted by Gasteiger charge is -2.16. The molecule has 1 saturated carbocycles. The molecule has 1 aliphatic carbocycles. The summed E-state index contributed by atoms with van der Waals surface area (Å²) >= 11 is 0. The Morgan fingerprint density at radius 1 is 1.07 bits per heavy atom. The summed E-state index contributed by atoms with van der Waals surface area (Å²) in [6.07, 6.45) is 5.70. The van der Waals surface area contributed by atoms with Gasteiger partial charge in [-0.25, -0.2) is 9.97 Å². The molecule has 0 radical (unpaired) electrons. The van der Waals surface area contributed by atoms with Crippen LogP contribution in [0.25, 0.3) is 22.0 Å². The van der Waals surface area contributed by atoms with E-state index in [0.29, 0.717) is 19.0 Å². The maximum Gasteiger partial charge on any atom is 0.222 e. The SMILES string of the molecule is Cl.O=C1CCCN1Cc1cccc(-c2ccc3ncnc(NC4CC4)c3c2)c1. The summed E-state index contributed by atoms with van der Waals surface area (Å²) in [7, 11) is 0. The van der Waals surface area contributed by atoms with E-state index < -0.39 is 0 Å². The first-order valence-electron chi connectivity index (χ1n) is 9.65. The molecule has 2 fully saturated rings. The molecule has 3 aromatic rings. The molecule has 144 valence electrons. The van der Waals surface area contributed by atoms with Crippen LogP contribution in [0.3, 0.4) is 0 Å². The van der Waals surface area contributed by atoms with Crippen molar-refractivity contribution in [1.29, 1.82) is 0 Å². The molecule has 28 heavy (non-hydrogen) atoms. The third kappa shape index (κ3) is 3.80. The third-order valence-corrected chi connectivity index (χ3v) is 5.36. The number of carbonyl (C=O) groups is 1. The Bertz CT molecular complexity index is 1020. The van der Waals surface area contributed by atoms with Crippen LogP contribution in [0.1, 0.15) is 31.2 Å². The van der Waals surface area contributed by atoms with Gasteiger partial charge in [0.1, 0.15) is 12.1 Å². The van der Waals surface area contributed by atoms with Gasteiger partial charge in [-0.3, -0.25) is 4.79 Å². The molecule has 0 atom stereocenters. The van der Waals surface area contributed by atoms with Crippen LogP contribution in [0.4, 0.5) is 5.82 Å². The number of fused-ring (bicyclic) bond motifs is 1. The van der Waals surface area contributed by atoms with E-state index in [1.54, 1.807) is 6.33 Å². The number of benzene rings is 2. The molecule has 0 bridgehead atoms. The van der Waals surface area contributed by atoms with Gasteiger partial charge in [-0.1, -0.05) is 24.3 Å². The molecule has 5 nitrogen and oxygen atoms in total. The zero-order chi connectivity index (χ0) is 18.2. The van der Waals surface area contributed by atoms with Gasteiger partial charge in [0.15, 0.2) is 0 Å². The molecule has 1 amide bonds. The zero-order valence-corrected chi connectivity index (χ0v) is 16.4. The standard InChI is InChI=1S/C22H22N4O.ClH/c27-21-5-2-10-26(21)13-15-3-1-4-16(11-15)17-6-9-20-19(12-17)22(24-14-23-20)25-18-7-8-18;/h1,3-4,6,9,11-12,14,18H,2,5,7-8,10,13H2,(H,23,24,25);1H. The molecule has 5 rings (SSSR count). The fraction of sp³-hybridized carbons (Fsp3) is 0.318. The molecule has 2 aromatic carbocycles. The molecule has 0 unspecified atom stereocenters. The second-order valence-corrected chi connectivity index (χ2v) is 7.49. The Balaban J connectivity index is 0.00000192. The van der Waals surface area contributed by atoms with E-state index in [9.17, 15) is 4.79 Å². The topological polar surface area (TPSA) is 58.1 Å². The highest BCUT2D eigenvalue weighted by molar-refractivity contribution is 5.92. The summed E-state index contributed by atoms with van der Waals surface area (Å²) in [4.78, 5) is 22.7. The molecule has 2 heterocycles. The molecule has 6 heteroatoms. The van der Waals surface area contributed by atoms with Gasteiger partial charge in [0, 0.05) is 30.9 Å². The van der Waals surface area contributed by atoms with Crippen molar-refractivity contribution in [3.63, 3.8) is 0 Å². The van der Waals surface area contributed by atoms with Crippen molar-refractivity contribution in [3.8, 4) is 11.1 Å². The van der Waals surface area contributed by atoms with Crippen LogP contribution in [0.2, 0.25) is 0 Å². The van der Waals surface area contributed by atoms with E-state index in [4.69, 9.17) is 0 Å². The molecule has 1 saturated heterocycles. The van der Waals surface area contributed by atoms with E-state index in [1.165, 1.54) is 18.4 Å². The summed E-state index contributed by atoms with van der Waals surface area (Å²) < 4.78 is 0. The summed E-state index contributed by atoms with van der Waals surface area (Å²) in [6.45, 7) is 1.56. The Morgan fingerprint density at radius 2 is 1.93 bits per heavy atom. The Morgan fingerprint density at radius 3 is 2.71 bits per heavy atom. The first-order chi connectivity index (χ1) is 13.3. The molecule has 2 aliphatic rings. The number of anilines is 1. The predicted octanol–water partition coefficient (Wildman–Crippen LogP) is 4.42. The number of nitrogens with zero attached hydrogens (tertiary/aromatic N) is 3. The molecular weight excluding hydrogens is 372 g/mol. The number of likely N-dealkylation sites (tertiary alicyclic amines) is 1. The number of halogens is 1. The monoisotopic (exact) mass is 394 g/mol. The van der Waals surface area contributed by atoms with E-state index in [-0.39, 0.29) is 18.3 Å². The van der Waals surface area contributed by atoms with Gasteiger partial charge in [0.05, 0.1) is 5.52 Å². The molecule has 1 aliphatic heterocycles. The number of amides is 1. The van der Waals surface area contributed by atoms with E-state index in [1.807, 2.05) is 4.90 Å². The van der Waals surface area contributed by atoms with Crippen molar-refractivity contribution in [2.45, 2.75) is 38.3 Å². The Hall–Kier alpha value is -2.66. The van der Waals surface area contributed by atoms with E-state index in [2.05, 4.69) is 57.7 Å². The van der Waals surface area contributed by atoms with Crippen molar-refractivity contribution >= 4 is 35.0 Å². The number of carbonyl (C=O) groups excluding carboxylic acids is 1. The summed E-state index contributed by atoms with van der Waals surface area (Å²) in [5.74, 6) is 1.18. The summed E-state index contributed by atoms with van der Waals surface area (Å²) in [5, 5.41) is 4.56. The van der Waals surface area contributed by atoms with Crippen molar-refractivity contribution in [1.82, 2.24) is 14.9 Å². The highest BCUT2D eigenvalue weighted by Crippen LogP contribution is 2.31. The minimum absolute atomic E-state index is 0. The minimum Gasteiger partial charge on any atom is -0.367 e. The minimum atomic E-state index is 0. The largest absolute Gasteiger partial charge is 0.367 e. The van der Waals surface area contributed by atoms with Crippen molar-refractivity contribution in [2.24, 2.45) is 0 Å². The normalized spacial score (nSPS) is 16.3. The lowest BCUT2D eigenvalue weighted by atomic mass is 10.0. The van der Waals surface area contributed by atoms with Crippen LogP contribution in [-0.2, 0) is 11.3 Å². The fourth-order valence-electron chi connectivity index (χ4n) is 3.71. The van der Waals surface area contributed by atoms with Crippen molar-refractivity contribution < 1.29 is 4.79 Å². The van der Waals surface area contributed by atoms with Crippen LogP contribution in [-0.4, -0.2) is 33.4 Å². The van der Waals surface area contributed by atoms with Crippen LogP contribution in [0.15, 0.2) is 48.8 Å². The second kappa shape index (κ2) is 7.76. The van der Waals surface area contributed by atoms with Gasteiger partial charge in [0.2, 0.25) is 5.91 Å². The number of hydrogen-bond acceptors (Lipinski definition) is 4. The first kappa shape index (κ1) is 18.7. The lowest BCUT2D eigenvalue weighted by Crippen LogP contribution is -2.23. The van der Waals surface area contributed by atoms with E-state index >= 15 is 0 Å². The quantitative estimate of drug-likeness (QED) is 0.696. The maximum absolute atomic E-state index is 11.9. The Kier molecular flexibility index (Phi) is 5.18. The van der Waals surface area contributed by atoms with Gasteiger partial charge in [-0.05, 0) is 54.2 Å². The Labute approximate surface area is 170 Å². The highest BCUT2D eigenvalue weighted by Gasteiger charge is 2.22. The predicted molar refractivity (Wildman–Crippen MR) is 114 cm³/mol. The zero-order valence-electron chi connectivity index (χ0n) is 15.6. The lowest BCUT2D eigenvalue weighted by molar-refractivity contribution is -0.128. The number of nitrogens with one attached hydrogen (secondary N) is 1. The average Bonchev–Trinajstić information content (AvgIpc) is 3.43. The van der Waals surface area contributed by atoms with Crippen molar-refractivity contribution in [3.05, 3.63) is 54.4 Å². The number of aromatic nitrogens is 2. The summed E-state index contributed by atoms with van der Waals surface area (Å²) in [6, 6.07) is 15.4. The molecular formula is C22H23ClN4O. The highest BCUT2D eigenvalue weighted by atomic mass is 35.5. The average molecular weight is 395 g/mol. The molecule has 0 spiro atoms. The van der Waals surface area contributed by atoms with E-state index in [0.717, 1.165) is 40.8 Å². The van der Waals surface area contributed by atoms with Crippen LogP contribution >= 0.6 is 12.4 Å².